The molecule has 0 fully saturated rings. The van der Waals surface area contributed by atoms with E-state index in [0.29, 0.717) is 17.3 Å². The number of aromatic nitrogens is 4. The molecule has 0 atom stereocenters. The number of aryl methyl sites for hydroxylation is 3. The minimum Gasteiger partial charge on any atom is -0.509 e. The molecule has 0 aliphatic carbocycles. The maximum Gasteiger partial charge on any atom is 2.00 e. The van der Waals surface area contributed by atoms with Gasteiger partial charge in [0.05, 0.1) is 6.20 Å². The molecule has 4 aromatic carbocycles. The average molecular weight is 760 g/mol. The fraction of sp³-hybridized carbons (Fsp3) is 0.135. The molecule has 0 N–H and O–H groups in total. The molecule has 0 aliphatic heterocycles. The second-order valence-corrected chi connectivity index (χ2v) is 10.8. The van der Waals surface area contributed by atoms with E-state index in [1.807, 2.05) is 76.2 Å². The van der Waals surface area contributed by atoms with Crippen LogP contribution in [0.3, 0.4) is 0 Å². The van der Waals surface area contributed by atoms with Crippen LogP contribution in [0.1, 0.15) is 30.0 Å². The van der Waals surface area contributed by atoms with Gasteiger partial charge < -0.3 is 9.30 Å². The number of nitrogens with zero attached hydrogens (tertiary/aromatic N) is 4. The topological polar surface area (TPSA) is 44.9 Å². The molecular weight excluding hydrogens is 731 g/mol. The van der Waals surface area contributed by atoms with E-state index in [9.17, 15) is 4.39 Å². The zero-order valence-corrected chi connectivity index (χ0v) is 26.8. The Hall–Kier alpha value is -4.54. The number of para-hydroxylation sites is 1. The van der Waals surface area contributed by atoms with Crippen LogP contribution >= 0.6 is 0 Å². The molecule has 0 saturated heterocycles. The molecule has 7 aromatic rings. The van der Waals surface area contributed by atoms with Crippen LogP contribution in [-0.2, 0) is 27.5 Å². The Bertz CT molecular complexity index is 2110. The third kappa shape index (κ3) is 5.46. The van der Waals surface area contributed by atoms with Crippen molar-refractivity contribution in [2.75, 3.05) is 0 Å². The van der Waals surface area contributed by atoms with E-state index in [-0.39, 0.29) is 26.9 Å². The van der Waals surface area contributed by atoms with Crippen LogP contribution in [-0.4, -0.2) is 19.3 Å². The molecule has 5 nitrogen and oxygen atoms in total. The van der Waals surface area contributed by atoms with Crippen molar-refractivity contribution in [3.8, 4) is 34.1 Å². The molecule has 7 rings (SSSR count). The normalized spacial score (nSPS) is 11.2. The quantitative estimate of drug-likeness (QED) is 0.152. The number of halogens is 1. The minimum absolute atomic E-state index is 0. The van der Waals surface area contributed by atoms with Crippen molar-refractivity contribution in [3.05, 3.63) is 132 Å². The predicted molar refractivity (Wildman–Crippen MR) is 169 cm³/mol. The van der Waals surface area contributed by atoms with Crippen LogP contribution in [0.15, 0.2) is 97.5 Å². The van der Waals surface area contributed by atoms with Gasteiger partial charge in [0.2, 0.25) is 0 Å². The Kier molecular flexibility index (Phi) is 8.20. The SMILES string of the molecule is CCCc1cc(C)c(-c2cnn(-c3[c-]c(Oc4[c-]c5c(cc4)c4ccccc4n5-c4cc(F)ccn4)ccc3)c2)c(C)c1.[Pt+2]. The molecule has 0 unspecified atom stereocenters. The smallest absolute Gasteiger partial charge is 0.509 e. The molecule has 0 saturated carbocycles. The predicted octanol–water partition coefficient (Wildman–Crippen LogP) is 9.13. The van der Waals surface area contributed by atoms with Gasteiger partial charge in [0.15, 0.2) is 0 Å². The van der Waals surface area contributed by atoms with Crippen LogP contribution in [0.25, 0.3) is 44.4 Å². The summed E-state index contributed by atoms with van der Waals surface area (Å²) in [6.45, 7) is 6.53. The van der Waals surface area contributed by atoms with Crippen LogP contribution in [0, 0.1) is 31.8 Å². The number of rotatable bonds is 7. The van der Waals surface area contributed by atoms with Gasteiger partial charge in [-0.1, -0.05) is 49.2 Å². The zero-order valence-electron chi connectivity index (χ0n) is 24.5. The van der Waals surface area contributed by atoms with Crippen LogP contribution in [0.4, 0.5) is 4.39 Å². The van der Waals surface area contributed by atoms with E-state index in [1.54, 1.807) is 0 Å². The van der Waals surface area contributed by atoms with Gasteiger partial charge in [-0.25, -0.2) is 9.37 Å². The molecule has 0 spiro atoms. The second kappa shape index (κ2) is 12.2. The number of benzene rings is 4. The zero-order chi connectivity index (χ0) is 29.5. The Morgan fingerprint density at radius 1 is 0.864 bits per heavy atom. The second-order valence-electron chi connectivity index (χ2n) is 10.8. The average Bonchev–Trinajstić information content (AvgIpc) is 3.60. The molecule has 220 valence electrons. The van der Waals surface area contributed by atoms with Gasteiger partial charge in [0, 0.05) is 41.0 Å². The van der Waals surface area contributed by atoms with Gasteiger partial charge in [0.1, 0.15) is 11.6 Å². The third-order valence-electron chi connectivity index (χ3n) is 7.72. The number of ether oxygens (including phenoxy) is 1. The van der Waals surface area contributed by atoms with Crippen LogP contribution in [0.2, 0.25) is 0 Å². The van der Waals surface area contributed by atoms with Crippen molar-refractivity contribution in [1.29, 1.82) is 0 Å². The largest absolute Gasteiger partial charge is 2.00 e. The van der Waals surface area contributed by atoms with Gasteiger partial charge in [-0.2, -0.15) is 17.2 Å². The summed E-state index contributed by atoms with van der Waals surface area (Å²) in [6, 6.07) is 31.7. The van der Waals surface area contributed by atoms with Crippen LogP contribution < -0.4 is 4.74 Å². The molecule has 44 heavy (non-hydrogen) atoms. The van der Waals surface area contributed by atoms with Gasteiger partial charge in [0.25, 0.3) is 0 Å². The Morgan fingerprint density at radius 2 is 1.66 bits per heavy atom. The summed E-state index contributed by atoms with van der Waals surface area (Å²) in [5, 5.41) is 6.65. The molecule has 7 heteroatoms. The fourth-order valence-electron chi connectivity index (χ4n) is 5.96. The monoisotopic (exact) mass is 759 g/mol. The van der Waals surface area contributed by atoms with E-state index in [4.69, 9.17) is 4.74 Å². The van der Waals surface area contributed by atoms with E-state index < -0.39 is 0 Å². The maximum atomic E-state index is 14.2. The first kappa shape index (κ1) is 29.5. The molecular formula is C37H29FN4OPt. The first-order chi connectivity index (χ1) is 21.0. The molecule has 0 radical (unpaired) electrons. The number of fused-ring (bicyclic) bond motifs is 3. The maximum absolute atomic E-state index is 14.2. The Labute approximate surface area is 270 Å². The molecule has 3 heterocycles. The molecule has 0 amide bonds. The Balaban J connectivity index is 0.00000343. The van der Waals surface area contributed by atoms with Gasteiger partial charge in [-0.3, -0.25) is 4.68 Å². The van der Waals surface area contributed by atoms with Crippen LogP contribution in [0.5, 0.6) is 11.5 Å². The third-order valence-corrected chi connectivity index (χ3v) is 7.72. The number of pyridine rings is 1. The summed E-state index contributed by atoms with van der Waals surface area (Å²) in [6.07, 6.45) is 7.61. The molecule has 0 bridgehead atoms. The standard InChI is InChI=1S/C37H29FN4O.Pt/c1-4-8-26-17-24(2)37(25(3)18-26)27-22-40-41(23-27)29-9-7-10-30(20-29)43-31-13-14-33-32-11-5-6-12-34(32)42(35(33)21-31)36-19-28(38)15-16-39-36;/h5-7,9-19,22-23H,4,8H2,1-3H3;/q-2;+2. The van der Waals surface area contributed by atoms with Gasteiger partial charge in [-0.05, 0) is 65.7 Å². The van der Waals surface area contributed by atoms with Crippen molar-refractivity contribution in [3.63, 3.8) is 0 Å². The fourth-order valence-corrected chi connectivity index (χ4v) is 5.96. The number of hydrogen-bond donors (Lipinski definition) is 0. The van der Waals surface area contributed by atoms with E-state index in [0.717, 1.165) is 45.9 Å². The number of hydrogen-bond acceptors (Lipinski definition) is 3. The van der Waals surface area contributed by atoms with E-state index in [1.165, 1.54) is 40.6 Å². The minimum atomic E-state index is -0.352. The summed E-state index contributed by atoms with van der Waals surface area (Å²) < 4.78 is 24.2. The van der Waals surface area contributed by atoms with E-state index >= 15 is 0 Å². The first-order valence-corrected chi connectivity index (χ1v) is 14.4. The summed E-state index contributed by atoms with van der Waals surface area (Å²) in [4.78, 5) is 4.43. The van der Waals surface area contributed by atoms with E-state index in [2.05, 4.69) is 55.1 Å². The Morgan fingerprint density at radius 3 is 2.45 bits per heavy atom. The first-order valence-electron chi connectivity index (χ1n) is 14.4. The van der Waals surface area contributed by atoms with Crippen molar-refractivity contribution >= 4 is 21.8 Å². The molecule has 0 aliphatic rings. The summed E-state index contributed by atoms with van der Waals surface area (Å²) in [7, 11) is 0. The van der Waals surface area contributed by atoms with Crippen molar-refractivity contribution < 1.29 is 30.2 Å². The summed E-state index contributed by atoms with van der Waals surface area (Å²) >= 11 is 0. The molecule has 3 aromatic heterocycles. The van der Waals surface area contributed by atoms with Crippen molar-refractivity contribution in [2.24, 2.45) is 0 Å². The van der Waals surface area contributed by atoms with Gasteiger partial charge >= 0.3 is 21.1 Å². The van der Waals surface area contributed by atoms with Crippen molar-refractivity contribution in [1.82, 2.24) is 19.3 Å². The summed E-state index contributed by atoms with van der Waals surface area (Å²) in [5.74, 6) is 1.18. The summed E-state index contributed by atoms with van der Waals surface area (Å²) in [5.41, 5.74) is 8.58. The van der Waals surface area contributed by atoms with Crippen molar-refractivity contribution in [2.45, 2.75) is 33.6 Å². The van der Waals surface area contributed by atoms with Gasteiger partial charge in [-0.15, -0.1) is 35.7 Å².